The Labute approximate surface area is 121 Å². The maximum absolute atomic E-state index is 12.5. The quantitative estimate of drug-likeness (QED) is 0.910. The maximum Gasteiger partial charge on any atom is 0.331 e. The molecular weight excluding hydrogens is 272 g/mol. The first-order chi connectivity index (χ1) is 10.1. The normalized spacial score (nSPS) is 17.4. The molecule has 21 heavy (non-hydrogen) atoms. The van der Waals surface area contributed by atoms with E-state index in [0.717, 1.165) is 5.56 Å². The van der Waals surface area contributed by atoms with Crippen molar-refractivity contribution in [1.29, 1.82) is 0 Å². The van der Waals surface area contributed by atoms with Crippen LogP contribution in [0.3, 0.4) is 0 Å². The predicted octanol–water partition coefficient (Wildman–Crippen LogP) is 1.81. The largest absolute Gasteiger partial charge is 0.479 e. The number of nitrogens with zero attached hydrogens (tertiary/aromatic N) is 2. The van der Waals surface area contributed by atoms with Crippen molar-refractivity contribution in [3.05, 3.63) is 52.9 Å². The number of aliphatic carboxylic acids is 1. The Kier molecular flexibility index (Phi) is 3.21. The van der Waals surface area contributed by atoms with E-state index < -0.39 is 17.9 Å². The number of carboxylic acid groups (broad SMARTS) is 1. The molecule has 2 heterocycles. The van der Waals surface area contributed by atoms with Crippen LogP contribution in [0.2, 0.25) is 0 Å². The van der Waals surface area contributed by atoms with Crippen LogP contribution >= 0.6 is 0 Å². The minimum Gasteiger partial charge on any atom is -0.479 e. The zero-order valence-electron chi connectivity index (χ0n) is 11.4. The lowest BCUT2D eigenvalue weighted by molar-refractivity contribution is -0.143. The van der Waals surface area contributed by atoms with Crippen LogP contribution in [0.25, 0.3) is 0 Å². The van der Waals surface area contributed by atoms with Gasteiger partial charge in [0, 0.05) is 12.1 Å². The number of aryl methyl sites for hydroxylation is 1. The van der Waals surface area contributed by atoms with E-state index in [1.165, 1.54) is 11.1 Å². The number of hydrogen-bond acceptors (Lipinski definition) is 4. The molecule has 1 aliphatic heterocycles. The topological polar surface area (TPSA) is 83.6 Å². The molecule has 1 amide bonds. The number of amides is 1. The minimum atomic E-state index is -1.05. The van der Waals surface area contributed by atoms with Crippen LogP contribution in [0, 0.1) is 6.92 Å². The number of carbonyl (C=O) groups is 2. The Bertz CT molecular complexity index is 707. The van der Waals surface area contributed by atoms with Gasteiger partial charge in [0.05, 0.1) is 6.20 Å². The molecule has 0 spiro atoms. The average molecular weight is 286 g/mol. The Morgan fingerprint density at radius 3 is 2.81 bits per heavy atom. The van der Waals surface area contributed by atoms with Gasteiger partial charge >= 0.3 is 5.97 Å². The molecule has 1 N–H and O–H groups in total. The van der Waals surface area contributed by atoms with Crippen LogP contribution in [-0.2, 0) is 11.2 Å². The number of benzene rings is 1. The lowest BCUT2D eigenvalue weighted by atomic mass is 9.92. The van der Waals surface area contributed by atoms with E-state index in [1.807, 2.05) is 12.1 Å². The standard InChI is InChI=1S/C15H14N2O4/c1-9-8-16-21-13(9)14(18)17-7-6-10-4-2-3-5-11(10)12(17)15(19)20/h2-5,8,12H,6-7H2,1H3,(H,19,20). The number of hydrogen-bond donors (Lipinski definition) is 1. The Morgan fingerprint density at radius 2 is 2.14 bits per heavy atom. The molecule has 1 aliphatic rings. The monoisotopic (exact) mass is 286 g/mol. The first kappa shape index (κ1) is 13.4. The first-order valence-electron chi connectivity index (χ1n) is 6.62. The fourth-order valence-electron chi connectivity index (χ4n) is 2.68. The summed E-state index contributed by atoms with van der Waals surface area (Å²) in [6.45, 7) is 2.05. The van der Waals surface area contributed by atoms with Crippen molar-refractivity contribution in [3.63, 3.8) is 0 Å². The molecule has 1 atom stereocenters. The fraction of sp³-hybridized carbons (Fsp3) is 0.267. The Hall–Kier alpha value is -2.63. The molecule has 6 heteroatoms. The molecule has 0 fully saturated rings. The summed E-state index contributed by atoms with van der Waals surface area (Å²) in [7, 11) is 0. The van der Waals surface area contributed by atoms with Gasteiger partial charge in [-0.25, -0.2) is 4.79 Å². The maximum atomic E-state index is 12.5. The molecular formula is C15H14N2O4. The van der Waals surface area contributed by atoms with Gasteiger partial charge in [-0.2, -0.15) is 0 Å². The summed E-state index contributed by atoms with van der Waals surface area (Å²) in [5.74, 6) is -1.39. The van der Waals surface area contributed by atoms with Crippen LogP contribution < -0.4 is 0 Å². The highest BCUT2D eigenvalue weighted by Crippen LogP contribution is 2.31. The molecule has 0 saturated heterocycles. The Morgan fingerprint density at radius 1 is 1.38 bits per heavy atom. The van der Waals surface area contributed by atoms with Crippen molar-refractivity contribution < 1.29 is 19.2 Å². The third-order valence-electron chi connectivity index (χ3n) is 3.72. The second-order valence-corrected chi connectivity index (χ2v) is 5.03. The third kappa shape index (κ3) is 2.18. The van der Waals surface area contributed by atoms with Crippen molar-refractivity contribution in [2.75, 3.05) is 6.54 Å². The van der Waals surface area contributed by atoms with Gasteiger partial charge in [0.1, 0.15) is 0 Å². The van der Waals surface area contributed by atoms with Crippen LogP contribution in [0.5, 0.6) is 0 Å². The zero-order chi connectivity index (χ0) is 15.0. The molecule has 2 aromatic rings. The van der Waals surface area contributed by atoms with Gasteiger partial charge in [-0.05, 0) is 24.5 Å². The van der Waals surface area contributed by atoms with E-state index in [0.29, 0.717) is 24.1 Å². The number of fused-ring (bicyclic) bond motifs is 1. The molecule has 0 saturated carbocycles. The summed E-state index contributed by atoms with van der Waals surface area (Å²) in [5.41, 5.74) is 2.22. The molecule has 1 aromatic carbocycles. The van der Waals surface area contributed by atoms with Gasteiger partial charge in [-0.3, -0.25) is 4.79 Å². The first-order valence-corrected chi connectivity index (χ1v) is 6.62. The number of aromatic nitrogens is 1. The number of carbonyl (C=O) groups excluding carboxylic acids is 1. The molecule has 1 unspecified atom stereocenters. The highest BCUT2D eigenvalue weighted by Gasteiger charge is 2.37. The van der Waals surface area contributed by atoms with Gasteiger partial charge in [0.25, 0.3) is 5.91 Å². The van der Waals surface area contributed by atoms with Gasteiger partial charge in [0.2, 0.25) is 5.76 Å². The van der Waals surface area contributed by atoms with E-state index in [1.54, 1.807) is 19.1 Å². The third-order valence-corrected chi connectivity index (χ3v) is 3.72. The second-order valence-electron chi connectivity index (χ2n) is 5.03. The molecule has 3 rings (SSSR count). The summed E-state index contributed by atoms with van der Waals surface area (Å²) >= 11 is 0. The van der Waals surface area contributed by atoms with Crippen LogP contribution in [0.15, 0.2) is 35.0 Å². The highest BCUT2D eigenvalue weighted by atomic mass is 16.5. The van der Waals surface area contributed by atoms with Gasteiger partial charge < -0.3 is 14.5 Å². The van der Waals surface area contributed by atoms with Crippen LogP contribution in [0.4, 0.5) is 0 Å². The van der Waals surface area contributed by atoms with Crippen molar-refractivity contribution in [2.24, 2.45) is 0 Å². The number of rotatable bonds is 2. The van der Waals surface area contributed by atoms with E-state index >= 15 is 0 Å². The fourth-order valence-corrected chi connectivity index (χ4v) is 2.68. The zero-order valence-corrected chi connectivity index (χ0v) is 11.4. The van der Waals surface area contributed by atoms with E-state index in [2.05, 4.69) is 5.16 Å². The molecule has 1 aromatic heterocycles. The van der Waals surface area contributed by atoms with Gasteiger partial charge in [-0.15, -0.1) is 0 Å². The highest BCUT2D eigenvalue weighted by molar-refractivity contribution is 5.96. The molecule has 0 radical (unpaired) electrons. The lowest BCUT2D eigenvalue weighted by Gasteiger charge is -2.34. The second kappa shape index (κ2) is 5.05. The molecule has 108 valence electrons. The average Bonchev–Trinajstić information content (AvgIpc) is 2.91. The smallest absolute Gasteiger partial charge is 0.331 e. The van der Waals surface area contributed by atoms with Crippen LogP contribution in [0.1, 0.15) is 33.3 Å². The molecule has 6 nitrogen and oxygen atoms in total. The minimum absolute atomic E-state index is 0.0978. The van der Waals surface area contributed by atoms with E-state index in [4.69, 9.17) is 4.52 Å². The summed E-state index contributed by atoms with van der Waals surface area (Å²) < 4.78 is 4.96. The van der Waals surface area contributed by atoms with E-state index in [9.17, 15) is 14.7 Å². The molecule has 0 aliphatic carbocycles. The summed E-state index contributed by atoms with van der Waals surface area (Å²) in [5, 5.41) is 13.1. The summed E-state index contributed by atoms with van der Waals surface area (Å²) in [6, 6.07) is 6.30. The van der Waals surface area contributed by atoms with Gasteiger partial charge in [0.15, 0.2) is 6.04 Å². The van der Waals surface area contributed by atoms with Crippen LogP contribution in [-0.4, -0.2) is 33.6 Å². The van der Waals surface area contributed by atoms with Crippen molar-refractivity contribution in [2.45, 2.75) is 19.4 Å². The van der Waals surface area contributed by atoms with E-state index in [-0.39, 0.29) is 5.76 Å². The van der Waals surface area contributed by atoms with Gasteiger partial charge in [-0.1, -0.05) is 29.4 Å². The molecule has 0 bridgehead atoms. The number of carboxylic acids is 1. The predicted molar refractivity (Wildman–Crippen MR) is 72.8 cm³/mol. The Balaban J connectivity index is 2.02. The summed E-state index contributed by atoms with van der Waals surface area (Å²) in [4.78, 5) is 25.5. The van der Waals surface area contributed by atoms with Crippen molar-refractivity contribution in [1.82, 2.24) is 10.1 Å². The van der Waals surface area contributed by atoms with Crippen molar-refractivity contribution >= 4 is 11.9 Å². The summed E-state index contributed by atoms with van der Waals surface area (Å²) in [6.07, 6.45) is 2.07. The lowest BCUT2D eigenvalue weighted by Crippen LogP contribution is -2.43. The SMILES string of the molecule is Cc1cnoc1C(=O)N1CCc2ccccc2C1C(=O)O. The van der Waals surface area contributed by atoms with Crippen molar-refractivity contribution in [3.8, 4) is 0 Å².